The SMILES string of the molecule is CCCN(CCC)CC(CBr)C(C)C. The van der Waals surface area contributed by atoms with Gasteiger partial charge in [-0.2, -0.15) is 0 Å². The Kier molecular flexibility index (Phi) is 9.00. The molecule has 0 saturated carbocycles. The molecule has 0 rings (SSSR count). The molecular formula is C12H26BrN. The van der Waals surface area contributed by atoms with E-state index in [1.54, 1.807) is 0 Å². The summed E-state index contributed by atoms with van der Waals surface area (Å²) in [4.78, 5) is 2.60. The van der Waals surface area contributed by atoms with Crippen LogP contribution in [0.4, 0.5) is 0 Å². The molecular weight excluding hydrogens is 238 g/mol. The highest BCUT2D eigenvalue weighted by atomic mass is 79.9. The zero-order valence-corrected chi connectivity index (χ0v) is 11.8. The summed E-state index contributed by atoms with van der Waals surface area (Å²) in [5.41, 5.74) is 0. The van der Waals surface area contributed by atoms with Crippen LogP contribution < -0.4 is 0 Å². The largest absolute Gasteiger partial charge is 0.303 e. The molecule has 14 heavy (non-hydrogen) atoms. The molecule has 0 bridgehead atoms. The lowest BCUT2D eigenvalue weighted by Gasteiger charge is -2.28. The highest BCUT2D eigenvalue weighted by Gasteiger charge is 2.15. The van der Waals surface area contributed by atoms with E-state index in [1.807, 2.05) is 0 Å². The molecule has 0 spiro atoms. The van der Waals surface area contributed by atoms with Crippen molar-refractivity contribution in [2.45, 2.75) is 40.5 Å². The van der Waals surface area contributed by atoms with Crippen LogP contribution >= 0.6 is 15.9 Å². The Hall–Kier alpha value is 0.440. The van der Waals surface area contributed by atoms with Gasteiger partial charge in [-0.15, -0.1) is 0 Å². The Balaban J connectivity index is 3.96. The van der Waals surface area contributed by atoms with Crippen molar-refractivity contribution in [3.63, 3.8) is 0 Å². The van der Waals surface area contributed by atoms with Gasteiger partial charge in [0.15, 0.2) is 0 Å². The minimum atomic E-state index is 0.783. The number of hydrogen-bond acceptors (Lipinski definition) is 1. The van der Waals surface area contributed by atoms with E-state index in [1.165, 1.54) is 32.5 Å². The highest BCUT2D eigenvalue weighted by Crippen LogP contribution is 2.15. The molecule has 0 aliphatic heterocycles. The lowest BCUT2D eigenvalue weighted by molar-refractivity contribution is 0.215. The molecule has 0 amide bonds. The lowest BCUT2D eigenvalue weighted by atomic mass is 9.97. The maximum atomic E-state index is 3.62. The molecule has 0 aromatic carbocycles. The van der Waals surface area contributed by atoms with Gasteiger partial charge in [0.1, 0.15) is 0 Å². The van der Waals surface area contributed by atoms with Gasteiger partial charge < -0.3 is 4.90 Å². The average molecular weight is 264 g/mol. The molecule has 1 atom stereocenters. The molecule has 0 aliphatic carbocycles. The molecule has 0 aliphatic rings. The summed E-state index contributed by atoms with van der Waals surface area (Å²) < 4.78 is 0. The van der Waals surface area contributed by atoms with Crippen molar-refractivity contribution >= 4 is 15.9 Å². The first kappa shape index (κ1) is 14.4. The van der Waals surface area contributed by atoms with Crippen molar-refractivity contribution < 1.29 is 0 Å². The summed E-state index contributed by atoms with van der Waals surface area (Å²) in [6, 6.07) is 0. The number of alkyl halides is 1. The summed E-state index contributed by atoms with van der Waals surface area (Å²) in [6.45, 7) is 12.9. The van der Waals surface area contributed by atoms with Crippen LogP contribution in [0.25, 0.3) is 0 Å². The zero-order chi connectivity index (χ0) is 11.0. The van der Waals surface area contributed by atoms with Gasteiger partial charge in [0, 0.05) is 11.9 Å². The third-order valence-corrected chi connectivity index (χ3v) is 3.55. The molecule has 0 N–H and O–H groups in total. The van der Waals surface area contributed by atoms with Crippen molar-refractivity contribution in [3.05, 3.63) is 0 Å². The molecule has 0 aromatic rings. The fourth-order valence-corrected chi connectivity index (χ4v) is 2.65. The average Bonchev–Trinajstić information content (AvgIpc) is 2.14. The number of nitrogens with zero attached hydrogens (tertiary/aromatic N) is 1. The Morgan fingerprint density at radius 3 is 1.86 bits per heavy atom. The predicted molar refractivity (Wildman–Crippen MR) is 69.1 cm³/mol. The van der Waals surface area contributed by atoms with E-state index in [2.05, 4.69) is 48.5 Å². The van der Waals surface area contributed by atoms with Crippen molar-refractivity contribution in [3.8, 4) is 0 Å². The van der Waals surface area contributed by atoms with E-state index in [4.69, 9.17) is 0 Å². The molecule has 2 heteroatoms. The predicted octanol–water partition coefficient (Wildman–Crippen LogP) is 3.78. The molecule has 0 heterocycles. The summed E-state index contributed by atoms with van der Waals surface area (Å²) >= 11 is 3.62. The zero-order valence-electron chi connectivity index (χ0n) is 10.2. The van der Waals surface area contributed by atoms with Crippen molar-refractivity contribution in [1.29, 1.82) is 0 Å². The molecule has 0 aromatic heterocycles. The smallest absolute Gasteiger partial charge is 0.00743 e. The second-order valence-corrected chi connectivity index (χ2v) is 5.11. The molecule has 86 valence electrons. The van der Waals surface area contributed by atoms with E-state index >= 15 is 0 Å². The van der Waals surface area contributed by atoms with Crippen LogP contribution in [0.3, 0.4) is 0 Å². The van der Waals surface area contributed by atoms with E-state index in [0.717, 1.165) is 17.2 Å². The summed E-state index contributed by atoms with van der Waals surface area (Å²) in [5, 5.41) is 1.13. The highest BCUT2D eigenvalue weighted by molar-refractivity contribution is 9.09. The van der Waals surface area contributed by atoms with Crippen LogP contribution in [0.1, 0.15) is 40.5 Å². The van der Waals surface area contributed by atoms with E-state index < -0.39 is 0 Å². The van der Waals surface area contributed by atoms with Crippen molar-refractivity contribution in [2.24, 2.45) is 11.8 Å². The van der Waals surface area contributed by atoms with Crippen molar-refractivity contribution in [2.75, 3.05) is 25.0 Å². The third kappa shape index (κ3) is 6.02. The topological polar surface area (TPSA) is 3.24 Å². The Bertz CT molecular complexity index is 119. The Labute approximate surface area is 98.4 Å². The number of hydrogen-bond donors (Lipinski definition) is 0. The standard InChI is InChI=1S/C12H26BrN/c1-5-7-14(8-6-2)10-12(9-13)11(3)4/h11-12H,5-10H2,1-4H3. The van der Waals surface area contributed by atoms with Crippen LogP contribution in [-0.4, -0.2) is 29.9 Å². The van der Waals surface area contributed by atoms with Crippen LogP contribution in [0.2, 0.25) is 0 Å². The van der Waals surface area contributed by atoms with Crippen LogP contribution in [0.5, 0.6) is 0 Å². The Morgan fingerprint density at radius 2 is 1.57 bits per heavy atom. The third-order valence-electron chi connectivity index (χ3n) is 2.71. The maximum absolute atomic E-state index is 3.62. The van der Waals surface area contributed by atoms with Crippen LogP contribution in [-0.2, 0) is 0 Å². The van der Waals surface area contributed by atoms with Gasteiger partial charge in [-0.25, -0.2) is 0 Å². The van der Waals surface area contributed by atoms with Gasteiger partial charge in [-0.3, -0.25) is 0 Å². The summed E-state index contributed by atoms with van der Waals surface area (Å²) in [7, 11) is 0. The number of rotatable bonds is 8. The van der Waals surface area contributed by atoms with Gasteiger partial charge in [-0.1, -0.05) is 43.6 Å². The molecule has 0 fully saturated rings. The quantitative estimate of drug-likeness (QED) is 0.603. The fourth-order valence-electron chi connectivity index (χ4n) is 1.70. The van der Waals surface area contributed by atoms with Crippen LogP contribution in [0, 0.1) is 11.8 Å². The molecule has 0 radical (unpaired) electrons. The minimum absolute atomic E-state index is 0.783. The van der Waals surface area contributed by atoms with Gasteiger partial charge in [-0.05, 0) is 37.8 Å². The van der Waals surface area contributed by atoms with E-state index in [-0.39, 0.29) is 0 Å². The first-order chi connectivity index (χ1) is 6.65. The van der Waals surface area contributed by atoms with Gasteiger partial charge in [0.05, 0.1) is 0 Å². The maximum Gasteiger partial charge on any atom is 0.00743 e. The van der Waals surface area contributed by atoms with Gasteiger partial charge >= 0.3 is 0 Å². The number of halogens is 1. The first-order valence-electron chi connectivity index (χ1n) is 5.93. The van der Waals surface area contributed by atoms with Crippen molar-refractivity contribution in [1.82, 2.24) is 4.90 Å². The second kappa shape index (κ2) is 8.72. The monoisotopic (exact) mass is 263 g/mol. The molecule has 0 saturated heterocycles. The summed E-state index contributed by atoms with van der Waals surface area (Å²) in [6.07, 6.45) is 2.54. The molecule has 1 nitrogen and oxygen atoms in total. The summed E-state index contributed by atoms with van der Waals surface area (Å²) in [5.74, 6) is 1.58. The Morgan fingerprint density at radius 1 is 1.07 bits per heavy atom. The van der Waals surface area contributed by atoms with E-state index in [0.29, 0.717) is 0 Å². The first-order valence-corrected chi connectivity index (χ1v) is 7.06. The minimum Gasteiger partial charge on any atom is -0.303 e. The van der Waals surface area contributed by atoms with E-state index in [9.17, 15) is 0 Å². The second-order valence-electron chi connectivity index (χ2n) is 4.46. The molecule has 1 unspecified atom stereocenters. The lowest BCUT2D eigenvalue weighted by Crippen LogP contribution is -2.33. The van der Waals surface area contributed by atoms with Crippen LogP contribution in [0.15, 0.2) is 0 Å². The van der Waals surface area contributed by atoms with Gasteiger partial charge in [0.25, 0.3) is 0 Å². The van der Waals surface area contributed by atoms with Gasteiger partial charge in [0.2, 0.25) is 0 Å². The normalized spacial score (nSPS) is 13.9. The fraction of sp³-hybridized carbons (Fsp3) is 1.00.